The van der Waals surface area contributed by atoms with Gasteiger partial charge in [-0.05, 0) is 105 Å². The number of carbonyl (C=O) groups is 7. The molecule has 1 saturated heterocycles. The van der Waals surface area contributed by atoms with Crippen LogP contribution in [0.25, 0.3) is 44.3 Å². The van der Waals surface area contributed by atoms with E-state index in [2.05, 4.69) is 65.4 Å². The Kier molecular flexibility index (Phi) is 24.6. The number of aromatic amines is 2. The number of nitrogens with zero attached hydrogens (tertiary/aromatic N) is 4. The first-order valence-corrected chi connectivity index (χ1v) is 32.3. The molecule has 3 amide bonds. The van der Waals surface area contributed by atoms with Gasteiger partial charge in [-0.25, -0.2) is 9.78 Å². The molecule has 1 aliphatic rings. The Balaban J connectivity index is 0.826. The SMILES string of the molecule is CCC(=O)[C@H](Cc1ccccc1)NC(=O)[C@H](COC(C)(C)C)CC(=O)[C@@H](NC(=O)[C@H](CCCNC(N)=NC)CC(=O)CNC(=O)CCC(=O)Cc1ccc2[nH]c(=O)n(C3CCN(Cc4ccc(-c5nc6cc[nH]c(=O)c6cc5-c5ccccc5)cc4)CC3)c2c1)C(C)C. The van der Waals surface area contributed by atoms with Crippen LogP contribution in [-0.4, -0.2) is 129 Å². The highest BCUT2D eigenvalue weighted by Gasteiger charge is 2.35. The van der Waals surface area contributed by atoms with Gasteiger partial charge in [0.05, 0.1) is 64.4 Å². The van der Waals surface area contributed by atoms with Crippen molar-refractivity contribution < 1.29 is 38.3 Å². The third-order valence-corrected chi connectivity index (χ3v) is 17.0. The van der Waals surface area contributed by atoms with Crippen LogP contribution < -0.4 is 38.2 Å². The van der Waals surface area contributed by atoms with Gasteiger partial charge in [0.15, 0.2) is 23.3 Å². The van der Waals surface area contributed by atoms with Crippen LogP contribution in [0.2, 0.25) is 0 Å². The van der Waals surface area contributed by atoms with E-state index in [1.54, 1.807) is 43.7 Å². The highest BCUT2D eigenvalue weighted by atomic mass is 16.5. The molecule has 0 bridgehead atoms. The van der Waals surface area contributed by atoms with Crippen LogP contribution in [0.15, 0.2) is 136 Å². The second kappa shape index (κ2) is 32.9. The van der Waals surface area contributed by atoms with Gasteiger partial charge in [0.1, 0.15) is 5.78 Å². The van der Waals surface area contributed by atoms with E-state index in [1.165, 1.54) is 7.05 Å². The molecule has 0 spiro atoms. The van der Waals surface area contributed by atoms with Crippen molar-refractivity contribution in [1.82, 2.24) is 45.7 Å². The first kappa shape index (κ1) is 69.7. The summed E-state index contributed by atoms with van der Waals surface area (Å²) in [5, 5.41) is 11.9. The zero-order valence-corrected chi connectivity index (χ0v) is 54.5. The molecule has 492 valence electrons. The van der Waals surface area contributed by atoms with E-state index in [1.807, 2.05) is 99.6 Å². The summed E-state index contributed by atoms with van der Waals surface area (Å²) in [5.41, 5.74) is 13.0. The molecule has 0 radical (unpaired) electrons. The molecule has 7 aromatic rings. The Morgan fingerprint density at radius 3 is 2.13 bits per heavy atom. The molecule has 0 saturated carbocycles. The molecule has 8 rings (SSSR count). The summed E-state index contributed by atoms with van der Waals surface area (Å²) in [5.74, 6) is -4.98. The molecular weight excluding hydrogens is 1180 g/mol. The average Bonchev–Trinajstić information content (AvgIpc) is 1.77. The Hall–Kier alpha value is -9.21. The Morgan fingerprint density at radius 2 is 1.45 bits per heavy atom. The van der Waals surface area contributed by atoms with Gasteiger partial charge in [0.2, 0.25) is 17.7 Å². The summed E-state index contributed by atoms with van der Waals surface area (Å²) >= 11 is 0. The van der Waals surface area contributed by atoms with Crippen LogP contribution in [0.1, 0.15) is 122 Å². The molecule has 0 unspecified atom stereocenters. The van der Waals surface area contributed by atoms with Crippen molar-refractivity contribution in [3.8, 4) is 22.4 Å². The Morgan fingerprint density at radius 1 is 0.763 bits per heavy atom. The number of guanidine groups is 1. The standard InChI is InChI=1S/C72H89N11O10/c1-8-62(86)60(37-46-16-11-9-12-17-46)79-68(90)52(44-93-72(4,5)6)40-63(87)65(45(2)3)81-67(89)51(20-15-32-76-70(73)74-7)39-55(85)42-77-64(88)28-26-54(84)36-48-23-27-59-61(38-48)83(71(92)80-59)53-30-34-82(35-31-53)43-47-21-24-50(25-22-47)66-56(49-18-13-10-14-19-49)41-57-58(78-66)29-33-75-69(57)91/h9-14,16-19,21-25,27,29,33,38,41,45,51-53,60,65H,8,15,20,26,28,30-32,34-37,39-40,42-44H2,1-7H3,(H,75,91)(H,77,88)(H,79,90)(H,80,92)(H,81,89)(H3,73,74,76)/t51-,52+,60+,65+/m1/s1. The number of amides is 3. The van der Waals surface area contributed by atoms with Crippen molar-refractivity contribution in [1.29, 1.82) is 0 Å². The average molecular weight is 1270 g/mol. The molecule has 1 aliphatic heterocycles. The number of nitrogens with one attached hydrogen (secondary N) is 6. The lowest BCUT2D eigenvalue weighted by atomic mass is 9.90. The summed E-state index contributed by atoms with van der Waals surface area (Å²) in [6, 6.07) is 34.8. The number of fused-ring (bicyclic) bond motifs is 2. The molecular formula is C72H89N11O10. The van der Waals surface area contributed by atoms with Crippen LogP contribution in [0.4, 0.5) is 0 Å². The largest absolute Gasteiger partial charge is 0.375 e. The van der Waals surface area contributed by atoms with E-state index in [4.69, 9.17) is 15.5 Å². The monoisotopic (exact) mass is 1270 g/mol. The fraction of sp³-hybridized carbons (Fsp3) is 0.431. The zero-order valence-electron chi connectivity index (χ0n) is 54.5. The Bertz CT molecular complexity index is 3900. The minimum Gasteiger partial charge on any atom is -0.375 e. The van der Waals surface area contributed by atoms with Crippen molar-refractivity contribution in [2.75, 3.05) is 39.8 Å². The van der Waals surface area contributed by atoms with Crippen molar-refractivity contribution in [2.24, 2.45) is 28.5 Å². The molecule has 21 nitrogen and oxygen atoms in total. The van der Waals surface area contributed by atoms with Gasteiger partial charge in [-0.1, -0.05) is 112 Å². The van der Waals surface area contributed by atoms with Gasteiger partial charge in [-0.3, -0.25) is 52.8 Å². The summed E-state index contributed by atoms with van der Waals surface area (Å²) in [7, 11) is 1.53. The third-order valence-electron chi connectivity index (χ3n) is 17.0. The maximum absolute atomic E-state index is 14.3. The summed E-state index contributed by atoms with van der Waals surface area (Å²) in [4.78, 5) is 139. The number of hydrogen-bond acceptors (Lipinski definition) is 13. The van der Waals surface area contributed by atoms with Crippen molar-refractivity contribution in [2.45, 2.75) is 142 Å². The quantitative estimate of drug-likeness (QED) is 0.0120. The molecule has 93 heavy (non-hydrogen) atoms. The summed E-state index contributed by atoms with van der Waals surface area (Å²) in [6.45, 7) is 12.8. The van der Waals surface area contributed by atoms with E-state index in [9.17, 15) is 43.2 Å². The number of Topliss-reactive ketones (excluding diaryl/α,β-unsaturated/α-hetero) is 4. The molecule has 1 fully saturated rings. The molecule has 4 heterocycles. The fourth-order valence-corrected chi connectivity index (χ4v) is 11.8. The number of benzene rings is 4. The fourth-order valence-electron chi connectivity index (χ4n) is 11.8. The van der Waals surface area contributed by atoms with Gasteiger partial charge < -0.3 is 41.7 Å². The number of aliphatic imine (C=N–C) groups is 1. The van der Waals surface area contributed by atoms with E-state index in [0.717, 1.165) is 66.0 Å². The highest BCUT2D eigenvalue weighted by Crippen LogP contribution is 2.34. The number of nitrogens with two attached hydrogens (primary N) is 1. The molecule has 4 atom stereocenters. The van der Waals surface area contributed by atoms with E-state index < -0.39 is 71.3 Å². The number of likely N-dealkylation sites (tertiary alicyclic amines) is 1. The number of carbonyl (C=O) groups excluding carboxylic acids is 7. The number of pyridine rings is 2. The topological polar surface area (TPSA) is 302 Å². The van der Waals surface area contributed by atoms with Crippen LogP contribution in [0, 0.1) is 17.8 Å². The van der Waals surface area contributed by atoms with E-state index >= 15 is 0 Å². The van der Waals surface area contributed by atoms with Crippen LogP contribution in [0.5, 0.6) is 0 Å². The predicted octanol–water partition coefficient (Wildman–Crippen LogP) is 7.87. The first-order chi connectivity index (χ1) is 44.6. The summed E-state index contributed by atoms with van der Waals surface area (Å²) < 4.78 is 7.83. The minimum absolute atomic E-state index is 0.0259. The van der Waals surface area contributed by atoms with Gasteiger partial charge >= 0.3 is 5.69 Å². The number of H-pyrrole nitrogens is 2. The lowest BCUT2D eigenvalue weighted by Gasteiger charge is -2.32. The summed E-state index contributed by atoms with van der Waals surface area (Å²) in [6.07, 6.45) is 3.33. The Labute approximate surface area is 542 Å². The second-order valence-electron chi connectivity index (χ2n) is 25.5. The molecule has 21 heteroatoms. The van der Waals surface area contributed by atoms with Gasteiger partial charge in [0.25, 0.3) is 5.56 Å². The van der Waals surface area contributed by atoms with E-state index in [-0.39, 0.29) is 92.8 Å². The van der Waals surface area contributed by atoms with Crippen LogP contribution in [-0.2, 0) is 57.7 Å². The highest BCUT2D eigenvalue weighted by molar-refractivity contribution is 5.97. The number of piperidine rings is 1. The number of hydrogen-bond donors (Lipinski definition) is 7. The van der Waals surface area contributed by atoms with Crippen LogP contribution in [0.3, 0.4) is 0 Å². The van der Waals surface area contributed by atoms with Gasteiger partial charge in [0, 0.05) is 101 Å². The normalized spacial score (nSPS) is 14.5. The van der Waals surface area contributed by atoms with E-state index in [0.29, 0.717) is 40.5 Å². The number of ketones is 4. The van der Waals surface area contributed by atoms with Gasteiger partial charge in [-0.15, -0.1) is 0 Å². The molecule has 0 aliphatic carbocycles. The zero-order chi connectivity index (χ0) is 66.8. The van der Waals surface area contributed by atoms with Gasteiger partial charge in [-0.2, -0.15) is 0 Å². The van der Waals surface area contributed by atoms with Crippen molar-refractivity contribution in [3.63, 3.8) is 0 Å². The van der Waals surface area contributed by atoms with Crippen LogP contribution >= 0.6 is 0 Å². The number of rotatable bonds is 32. The predicted molar refractivity (Wildman–Crippen MR) is 361 cm³/mol. The minimum atomic E-state index is -1.05. The lowest BCUT2D eigenvalue weighted by Crippen LogP contribution is -2.50. The molecule has 4 aromatic carbocycles. The maximum atomic E-state index is 14.3. The van der Waals surface area contributed by atoms with Crippen molar-refractivity contribution >= 4 is 68.8 Å². The molecule has 3 aromatic heterocycles. The maximum Gasteiger partial charge on any atom is 0.326 e. The second-order valence-corrected chi connectivity index (χ2v) is 25.5. The van der Waals surface area contributed by atoms with Crippen molar-refractivity contribution in [3.05, 3.63) is 159 Å². The smallest absolute Gasteiger partial charge is 0.326 e. The number of aromatic nitrogens is 4. The first-order valence-electron chi connectivity index (χ1n) is 32.3. The molecule has 8 N–H and O–H groups in total. The third kappa shape index (κ3) is 19.9. The lowest BCUT2D eigenvalue weighted by molar-refractivity contribution is -0.138. The number of imidazole rings is 1. The number of ether oxygens (including phenoxy) is 1.